The van der Waals surface area contributed by atoms with Crippen LogP contribution in [0.2, 0.25) is 0 Å². The fourth-order valence-electron chi connectivity index (χ4n) is 4.50. The molecule has 0 saturated carbocycles. The number of halogens is 1. The second-order valence-electron chi connectivity index (χ2n) is 8.69. The molecule has 3 aromatic heterocycles. The van der Waals surface area contributed by atoms with Crippen molar-refractivity contribution >= 4 is 39.1 Å². The first-order valence-corrected chi connectivity index (χ1v) is 11.6. The molecule has 1 fully saturated rings. The lowest BCUT2D eigenvalue weighted by Gasteiger charge is -2.26. The number of aryl methyl sites for hydroxylation is 2. The van der Waals surface area contributed by atoms with Gasteiger partial charge in [0.2, 0.25) is 5.95 Å². The first kappa shape index (κ1) is 21.0. The molecule has 0 aromatic carbocycles. The predicted octanol–water partition coefficient (Wildman–Crippen LogP) is 2.00. The molecule has 32 heavy (non-hydrogen) atoms. The van der Waals surface area contributed by atoms with Gasteiger partial charge in [-0.15, -0.1) is 11.3 Å². The summed E-state index contributed by atoms with van der Waals surface area (Å²) in [6.45, 7) is 2.60. The highest BCUT2D eigenvalue weighted by atomic mass is 32.1. The second-order valence-corrected chi connectivity index (χ2v) is 9.69. The molecule has 168 valence electrons. The van der Waals surface area contributed by atoms with Crippen molar-refractivity contribution in [1.29, 1.82) is 0 Å². The zero-order valence-electron chi connectivity index (χ0n) is 17.8. The molecule has 1 aliphatic carbocycles. The molecule has 4 heterocycles. The van der Waals surface area contributed by atoms with Crippen LogP contribution in [0.5, 0.6) is 0 Å². The minimum atomic E-state index is -0.427. The summed E-state index contributed by atoms with van der Waals surface area (Å²) in [5.74, 6) is 0.269. The van der Waals surface area contributed by atoms with Gasteiger partial charge < -0.3 is 21.7 Å². The number of nitrogens with one attached hydrogen (secondary N) is 1. The van der Waals surface area contributed by atoms with Crippen LogP contribution in [-0.2, 0) is 12.8 Å². The number of hydrogen-bond acceptors (Lipinski definition) is 8. The predicted molar refractivity (Wildman–Crippen MR) is 124 cm³/mol. The van der Waals surface area contributed by atoms with Gasteiger partial charge in [-0.05, 0) is 43.9 Å². The Morgan fingerprint density at radius 1 is 1.34 bits per heavy atom. The number of aromatic nitrogens is 3. The summed E-state index contributed by atoms with van der Waals surface area (Å²) in [5, 5.41) is 3.94. The molecular weight excluding hydrogens is 429 g/mol. The van der Waals surface area contributed by atoms with E-state index in [-0.39, 0.29) is 23.9 Å². The number of fused-ring (bicyclic) bond motifs is 2. The Bertz CT molecular complexity index is 1180. The summed E-state index contributed by atoms with van der Waals surface area (Å²) >= 11 is 1.32. The Morgan fingerprint density at radius 3 is 2.97 bits per heavy atom. The number of thiophene rings is 1. The van der Waals surface area contributed by atoms with Gasteiger partial charge >= 0.3 is 0 Å². The maximum absolute atomic E-state index is 13.1. The van der Waals surface area contributed by atoms with E-state index < -0.39 is 6.67 Å². The van der Waals surface area contributed by atoms with Crippen LogP contribution in [0.1, 0.15) is 33.0 Å². The van der Waals surface area contributed by atoms with E-state index in [1.807, 2.05) is 30.2 Å². The summed E-state index contributed by atoms with van der Waals surface area (Å²) < 4.78 is 13.1. The molecule has 1 amide bonds. The second kappa shape index (κ2) is 8.25. The maximum atomic E-state index is 13.1. The first-order chi connectivity index (χ1) is 15.4. The molecule has 10 heteroatoms. The third-order valence-electron chi connectivity index (χ3n) is 6.38. The van der Waals surface area contributed by atoms with Crippen LogP contribution in [0.15, 0.2) is 18.3 Å². The number of carbonyl (C=O) groups excluding carboxylic acids is 1. The van der Waals surface area contributed by atoms with Gasteiger partial charge in [0.25, 0.3) is 5.91 Å². The lowest BCUT2D eigenvalue weighted by molar-refractivity contribution is 0.0938. The van der Waals surface area contributed by atoms with Crippen molar-refractivity contribution in [3.63, 3.8) is 0 Å². The fraction of sp³-hybridized carbons (Fsp3) is 0.455. The molecule has 0 bridgehead atoms. The fourth-order valence-corrected chi connectivity index (χ4v) is 5.55. The number of pyridine rings is 1. The molecule has 3 aromatic rings. The Balaban J connectivity index is 1.28. The molecule has 3 atom stereocenters. The van der Waals surface area contributed by atoms with E-state index in [4.69, 9.17) is 16.5 Å². The van der Waals surface area contributed by atoms with Crippen LogP contribution in [0.4, 0.5) is 16.0 Å². The smallest absolute Gasteiger partial charge is 0.263 e. The van der Waals surface area contributed by atoms with Gasteiger partial charge in [-0.2, -0.15) is 0 Å². The molecular formula is C22H26FN7OS. The number of nitrogens with zero attached hydrogens (tertiary/aromatic N) is 4. The van der Waals surface area contributed by atoms with Crippen molar-refractivity contribution in [3.05, 3.63) is 40.2 Å². The number of hydrogen-bond donors (Lipinski definition) is 3. The van der Waals surface area contributed by atoms with Gasteiger partial charge in [0.15, 0.2) is 0 Å². The van der Waals surface area contributed by atoms with Gasteiger partial charge in [0.05, 0.1) is 12.4 Å². The van der Waals surface area contributed by atoms with Gasteiger partial charge in [0.1, 0.15) is 9.71 Å². The molecule has 5 N–H and O–H groups in total. The first-order valence-electron chi connectivity index (χ1n) is 10.8. The monoisotopic (exact) mass is 455 g/mol. The highest BCUT2D eigenvalue weighted by molar-refractivity contribution is 7.21. The lowest BCUT2D eigenvalue weighted by Crippen LogP contribution is -2.39. The van der Waals surface area contributed by atoms with Gasteiger partial charge in [-0.1, -0.05) is 0 Å². The number of alkyl halides is 1. The summed E-state index contributed by atoms with van der Waals surface area (Å²) in [6, 6.07) is 3.60. The number of nitrogens with two attached hydrogens (primary N) is 2. The highest BCUT2D eigenvalue weighted by Gasteiger charge is 2.32. The zero-order valence-corrected chi connectivity index (χ0v) is 18.7. The van der Waals surface area contributed by atoms with Gasteiger partial charge in [0, 0.05) is 54.1 Å². The van der Waals surface area contributed by atoms with E-state index in [1.54, 1.807) is 0 Å². The van der Waals surface area contributed by atoms with Crippen molar-refractivity contribution in [2.24, 2.45) is 11.7 Å². The average Bonchev–Trinajstić information content (AvgIpc) is 3.32. The van der Waals surface area contributed by atoms with Gasteiger partial charge in [-0.3, -0.25) is 9.18 Å². The largest absolute Gasteiger partial charge is 0.397 e. The molecule has 2 aliphatic rings. The standard InChI is InChI=1S/C22H26FN7OS/c1-11-2-4-15-18(25)19(32-21(15)27-11)20(31)28-14-3-5-17-12(6-14)8-26-22(29-17)30-9-13(7-23)16(24)10-30/h2,4,8,13-14,16H,3,5-7,9-10,24-25H2,1H3,(H,28,31)/t13-,14+,16-/m0/s1. The van der Waals surface area contributed by atoms with Crippen LogP contribution in [-0.4, -0.2) is 52.7 Å². The van der Waals surface area contributed by atoms with Crippen molar-refractivity contribution in [2.75, 3.05) is 30.4 Å². The lowest BCUT2D eigenvalue weighted by atomic mass is 9.93. The Labute approximate surface area is 189 Å². The van der Waals surface area contributed by atoms with Crippen LogP contribution < -0.4 is 21.7 Å². The van der Waals surface area contributed by atoms with E-state index in [0.717, 1.165) is 40.0 Å². The Kier molecular flexibility index (Phi) is 5.42. The topological polar surface area (TPSA) is 123 Å². The summed E-state index contributed by atoms with van der Waals surface area (Å²) in [5.41, 5.74) is 15.6. The minimum Gasteiger partial charge on any atom is -0.397 e. The number of nitrogen functional groups attached to an aromatic ring is 1. The number of carbonyl (C=O) groups is 1. The minimum absolute atomic E-state index is 0.0140. The van der Waals surface area contributed by atoms with E-state index in [2.05, 4.69) is 15.3 Å². The Hall–Kier alpha value is -2.85. The van der Waals surface area contributed by atoms with Crippen LogP contribution in [0.3, 0.4) is 0 Å². The quantitative estimate of drug-likeness (QED) is 0.550. The molecule has 5 rings (SSSR count). The molecule has 0 radical (unpaired) electrons. The van der Waals surface area contributed by atoms with Crippen LogP contribution in [0, 0.1) is 12.8 Å². The van der Waals surface area contributed by atoms with Crippen molar-refractivity contribution in [1.82, 2.24) is 20.3 Å². The summed E-state index contributed by atoms with van der Waals surface area (Å²) in [6.07, 6.45) is 4.01. The number of amides is 1. The van der Waals surface area contributed by atoms with E-state index in [0.29, 0.717) is 36.0 Å². The van der Waals surface area contributed by atoms with Crippen molar-refractivity contribution in [3.8, 4) is 0 Å². The SMILES string of the molecule is Cc1ccc2c(N)c(C(=O)N[C@@H]3CCc4nc(N5C[C@H](CF)[C@@H](N)C5)ncc4C3)sc2n1. The van der Waals surface area contributed by atoms with Gasteiger partial charge in [-0.25, -0.2) is 15.0 Å². The molecule has 8 nitrogen and oxygen atoms in total. The average molecular weight is 456 g/mol. The highest BCUT2D eigenvalue weighted by Crippen LogP contribution is 2.33. The number of rotatable bonds is 4. The van der Waals surface area contributed by atoms with Crippen LogP contribution >= 0.6 is 11.3 Å². The third kappa shape index (κ3) is 3.77. The molecule has 1 aliphatic heterocycles. The summed E-state index contributed by atoms with van der Waals surface area (Å²) in [7, 11) is 0. The van der Waals surface area contributed by atoms with E-state index in [9.17, 15) is 9.18 Å². The van der Waals surface area contributed by atoms with Crippen molar-refractivity contribution < 1.29 is 9.18 Å². The number of anilines is 2. The van der Waals surface area contributed by atoms with Crippen LogP contribution in [0.25, 0.3) is 10.2 Å². The Morgan fingerprint density at radius 2 is 2.19 bits per heavy atom. The normalized spacial score (nSPS) is 22.8. The molecule has 0 unspecified atom stereocenters. The third-order valence-corrected chi connectivity index (χ3v) is 7.50. The molecule has 1 saturated heterocycles. The molecule has 0 spiro atoms. The zero-order chi connectivity index (χ0) is 22.4. The van der Waals surface area contributed by atoms with Crippen molar-refractivity contribution in [2.45, 2.75) is 38.3 Å². The van der Waals surface area contributed by atoms with E-state index >= 15 is 0 Å². The maximum Gasteiger partial charge on any atom is 0.263 e. The summed E-state index contributed by atoms with van der Waals surface area (Å²) in [4.78, 5) is 29.9. The van der Waals surface area contributed by atoms with E-state index in [1.165, 1.54) is 11.3 Å².